The summed E-state index contributed by atoms with van der Waals surface area (Å²) in [6, 6.07) is 9.85. The molecule has 1 aliphatic heterocycles. The SMILES string of the molecule is NC(=O)C1CCCN(c2ccc(NC(=O)Cn3ccc4cc([N+](=O)[O-])ccc43)cn2)C1. The molecule has 10 nitrogen and oxygen atoms in total. The lowest BCUT2D eigenvalue weighted by atomic mass is 9.97. The number of nitrogens with one attached hydrogen (secondary N) is 1. The molecular weight excluding hydrogens is 400 g/mol. The Balaban J connectivity index is 1.39. The van der Waals surface area contributed by atoms with Crippen LogP contribution in [0.15, 0.2) is 48.8 Å². The Morgan fingerprint density at radius 3 is 2.81 bits per heavy atom. The molecule has 0 radical (unpaired) electrons. The maximum atomic E-state index is 12.5. The van der Waals surface area contributed by atoms with E-state index in [1.54, 1.807) is 35.2 Å². The molecule has 3 heterocycles. The summed E-state index contributed by atoms with van der Waals surface area (Å²) < 4.78 is 1.73. The first-order valence-electron chi connectivity index (χ1n) is 9.94. The third-order valence-corrected chi connectivity index (χ3v) is 5.46. The molecule has 2 aromatic heterocycles. The Kier molecular flexibility index (Phi) is 5.52. The van der Waals surface area contributed by atoms with Crippen LogP contribution in [0.4, 0.5) is 17.2 Å². The minimum absolute atomic E-state index is 0.0109. The number of amides is 2. The molecule has 3 N–H and O–H groups in total. The number of hydrogen-bond donors (Lipinski definition) is 2. The molecule has 0 bridgehead atoms. The van der Waals surface area contributed by atoms with Crippen LogP contribution in [0.5, 0.6) is 0 Å². The fraction of sp³-hybridized carbons (Fsp3) is 0.286. The van der Waals surface area contributed by atoms with Crippen LogP contribution in [-0.2, 0) is 16.1 Å². The lowest BCUT2D eigenvalue weighted by Gasteiger charge is -2.32. The van der Waals surface area contributed by atoms with Crippen molar-refractivity contribution in [3.05, 3.63) is 58.9 Å². The number of hydrogen-bond acceptors (Lipinski definition) is 6. The lowest BCUT2D eigenvalue weighted by Crippen LogP contribution is -2.41. The number of fused-ring (bicyclic) bond motifs is 1. The van der Waals surface area contributed by atoms with Gasteiger partial charge >= 0.3 is 0 Å². The van der Waals surface area contributed by atoms with E-state index in [0.29, 0.717) is 17.6 Å². The first-order valence-corrected chi connectivity index (χ1v) is 9.94. The standard InChI is InChI=1S/C21H22N6O4/c22-21(29)15-2-1-8-26(12-15)19-6-3-16(11-23-19)24-20(28)13-25-9-7-14-10-17(27(30)31)4-5-18(14)25/h3-7,9-11,15H,1-2,8,12-13H2,(H2,22,29)(H,24,28). The molecule has 3 aromatic rings. The summed E-state index contributed by atoms with van der Waals surface area (Å²) in [5.74, 6) is 0.0348. The van der Waals surface area contributed by atoms with Gasteiger partial charge in [0.25, 0.3) is 5.69 Å². The number of carbonyl (C=O) groups is 2. The highest BCUT2D eigenvalue weighted by molar-refractivity contribution is 5.92. The molecule has 1 fully saturated rings. The minimum atomic E-state index is -0.446. The smallest absolute Gasteiger partial charge is 0.270 e. The van der Waals surface area contributed by atoms with E-state index in [0.717, 1.165) is 30.7 Å². The van der Waals surface area contributed by atoms with E-state index in [1.165, 1.54) is 12.1 Å². The highest BCUT2D eigenvalue weighted by Gasteiger charge is 2.24. The second kappa shape index (κ2) is 8.42. The first kappa shape index (κ1) is 20.3. The van der Waals surface area contributed by atoms with Gasteiger partial charge < -0.3 is 20.5 Å². The molecule has 31 heavy (non-hydrogen) atoms. The van der Waals surface area contributed by atoms with E-state index in [-0.39, 0.29) is 30.0 Å². The zero-order valence-electron chi connectivity index (χ0n) is 16.7. The highest BCUT2D eigenvalue weighted by Crippen LogP contribution is 2.23. The molecule has 0 spiro atoms. The number of aromatic nitrogens is 2. The van der Waals surface area contributed by atoms with Crippen LogP contribution in [0.3, 0.4) is 0 Å². The molecule has 0 saturated carbocycles. The van der Waals surface area contributed by atoms with E-state index in [1.807, 2.05) is 11.0 Å². The minimum Gasteiger partial charge on any atom is -0.369 e. The number of rotatable bonds is 6. The van der Waals surface area contributed by atoms with Crippen molar-refractivity contribution in [2.24, 2.45) is 11.7 Å². The predicted molar refractivity (Wildman–Crippen MR) is 116 cm³/mol. The van der Waals surface area contributed by atoms with Gasteiger partial charge in [-0.15, -0.1) is 0 Å². The highest BCUT2D eigenvalue weighted by atomic mass is 16.6. The van der Waals surface area contributed by atoms with Crippen molar-refractivity contribution in [1.29, 1.82) is 0 Å². The Bertz CT molecular complexity index is 1140. The summed E-state index contributed by atoms with van der Waals surface area (Å²) in [6.07, 6.45) is 4.97. The summed E-state index contributed by atoms with van der Waals surface area (Å²) in [5.41, 5.74) is 6.74. The van der Waals surface area contributed by atoms with E-state index in [4.69, 9.17) is 5.73 Å². The third kappa shape index (κ3) is 4.47. The van der Waals surface area contributed by atoms with Crippen LogP contribution in [0, 0.1) is 16.0 Å². The first-order chi connectivity index (χ1) is 14.9. The van der Waals surface area contributed by atoms with Crippen molar-refractivity contribution in [2.75, 3.05) is 23.3 Å². The van der Waals surface area contributed by atoms with Crippen molar-refractivity contribution in [3.63, 3.8) is 0 Å². The van der Waals surface area contributed by atoms with E-state index >= 15 is 0 Å². The molecule has 1 aliphatic rings. The second-order valence-corrected chi connectivity index (χ2v) is 7.58. The molecular formula is C21H22N6O4. The molecule has 1 unspecified atom stereocenters. The zero-order valence-corrected chi connectivity index (χ0v) is 16.7. The molecule has 1 saturated heterocycles. The number of carbonyl (C=O) groups excluding carboxylic acids is 2. The van der Waals surface area contributed by atoms with Gasteiger partial charge in [-0.05, 0) is 37.1 Å². The predicted octanol–water partition coefficient (Wildman–Crippen LogP) is 2.28. The summed E-state index contributed by atoms with van der Waals surface area (Å²) in [6.45, 7) is 1.42. The van der Waals surface area contributed by atoms with Crippen LogP contribution in [-0.4, -0.2) is 39.4 Å². The number of nitrogens with zero attached hydrogens (tertiary/aromatic N) is 4. The molecule has 160 valence electrons. The number of nitro benzene ring substituents is 1. The Morgan fingerprint density at radius 1 is 1.26 bits per heavy atom. The van der Waals surface area contributed by atoms with Crippen molar-refractivity contribution in [3.8, 4) is 0 Å². The summed E-state index contributed by atoms with van der Waals surface area (Å²) in [7, 11) is 0. The topological polar surface area (TPSA) is 136 Å². The number of anilines is 2. The van der Waals surface area contributed by atoms with Gasteiger partial charge in [-0.2, -0.15) is 0 Å². The number of nitrogens with two attached hydrogens (primary N) is 1. The number of nitro groups is 1. The Hall–Kier alpha value is -3.95. The van der Waals surface area contributed by atoms with E-state index < -0.39 is 4.92 Å². The van der Waals surface area contributed by atoms with Crippen molar-refractivity contribution >= 4 is 39.9 Å². The van der Waals surface area contributed by atoms with E-state index in [9.17, 15) is 19.7 Å². The van der Waals surface area contributed by atoms with Crippen LogP contribution < -0.4 is 16.0 Å². The monoisotopic (exact) mass is 422 g/mol. The fourth-order valence-corrected chi connectivity index (χ4v) is 3.86. The van der Waals surface area contributed by atoms with Gasteiger partial charge in [0.1, 0.15) is 12.4 Å². The van der Waals surface area contributed by atoms with Crippen LogP contribution in [0.25, 0.3) is 10.9 Å². The van der Waals surface area contributed by atoms with Crippen LogP contribution in [0.2, 0.25) is 0 Å². The largest absolute Gasteiger partial charge is 0.369 e. The lowest BCUT2D eigenvalue weighted by molar-refractivity contribution is -0.384. The normalized spacial score (nSPS) is 16.3. The van der Waals surface area contributed by atoms with Gasteiger partial charge in [0.05, 0.1) is 22.7 Å². The number of pyridine rings is 1. The summed E-state index contributed by atoms with van der Waals surface area (Å²) in [5, 5.41) is 14.4. The van der Waals surface area contributed by atoms with Gasteiger partial charge in [0.2, 0.25) is 11.8 Å². The maximum absolute atomic E-state index is 12.5. The van der Waals surface area contributed by atoms with E-state index in [2.05, 4.69) is 10.3 Å². The Morgan fingerprint density at radius 2 is 2.10 bits per heavy atom. The zero-order chi connectivity index (χ0) is 22.0. The van der Waals surface area contributed by atoms with Crippen LogP contribution in [0.1, 0.15) is 12.8 Å². The molecule has 1 aromatic carbocycles. The summed E-state index contributed by atoms with van der Waals surface area (Å²) >= 11 is 0. The number of non-ortho nitro benzene ring substituents is 1. The van der Waals surface area contributed by atoms with Crippen molar-refractivity contribution in [1.82, 2.24) is 9.55 Å². The Labute approximate surface area is 177 Å². The molecule has 0 aliphatic carbocycles. The molecule has 1 atom stereocenters. The number of primary amides is 1. The summed E-state index contributed by atoms with van der Waals surface area (Å²) in [4.78, 5) is 40.8. The van der Waals surface area contributed by atoms with Gasteiger partial charge in [-0.3, -0.25) is 19.7 Å². The van der Waals surface area contributed by atoms with Crippen LogP contribution >= 0.6 is 0 Å². The molecule has 2 amide bonds. The van der Waals surface area contributed by atoms with Gasteiger partial charge in [-0.25, -0.2) is 4.98 Å². The average molecular weight is 422 g/mol. The molecule has 10 heteroatoms. The quantitative estimate of drug-likeness (QED) is 0.462. The van der Waals surface area contributed by atoms with Crippen molar-refractivity contribution in [2.45, 2.75) is 19.4 Å². The fourth-order valence-electron chi connectivity index (χ4n) is 3.86. The number of benzene rings is 1. The second-order valence-electron chi connectivity index (χ2n) is 7.58. The average Bonchev–Trinajstić information content (AvgIpc) is 3.16. The van der Waals surface area contributed by atoms with Gasteiger partial charge in [-0.1, -0.05) is 0 Å². The molecule has 4 rings (SSSR count). The third-order valence-electron chi connectivity index (χ3n) is 5.46. The number of piperidine rings is 1. The van der Waals surface area contributed by atoms with Gasteiger partial charge in [0, 0.05) is 42.3 Å². The van der Waals surface area contributed by atoms with Crippen molar-refractivity contribution < 1.29 is 14.5 Å². The van der Waals surface area contributed by atoms with Gasteiger partial charge in [0.15, 0.2) is 0 Å². The maximum Gasteiger partial charge on any atom is 0.270 e.